The van der Waals surface area contributed by atoms with Crippen LogP contribution in [-0.4, -0.2) is 43.6 Å². The van der Waals surface area contributed by atoms with Crippen molar-refractivity contribution < 1.29 is 17.6 Å². The number of benzene rings is 2. The highest BCUT2D eigenvalue weighted by molar-refractivity contribution is 7.90. The maximum atomic E-state index is 13.1. The van der Waals surface area contributed by atoms with Gasteiger partial charge in [0.15, 0.2) is 21.3 Å². The summed E-state index contributed by atoms with van der Waals surface area (Å²) in [7, 11) is -3.37. The minimum atomic E-state index is -3.37. The van der Waals surface area contributed by atoms with Crippen LogP contribution in [0.1, 0.15) is 40.6 Å². The highest BCUT2D eigenvalue weighted by Gasteiger charge is 2.29. The molecule has 7 heteroatoms. The molecule has 2 aromatic carbocycles. The monoisotopic (exact) mass is 398 g/mol. The second-order valence-electron chi connectivity index (χ2n) is 7.36. The second kappa shape index (κ2) is 7.05. The van der Waals surface area contributed by atoms with Crippen molar-refractivity contribution in [1.82, 2.24) is 9.88 Å². The SMILES string of the molecule is Cc1ccc(S(C)(=O)=O)cc1C(=O)N1CCCC(c2nc3ccccc3o2)C1. The summed E-state index contributed by atoms with van der Waals surface area (Å²) in [5.74, 6) is 0.535. The second-order valence-corrected chi connectivity index (χ2v) is 9.37. The number of likely N-dealkylation sites (tertiary alicyclic amines) is 1. The molecule has 1 atom stereocenters. The summed E-state index contributed by atoms with van der Waals surface area (Å²) in [6.07, 6.45) is 2.90. The van der Waals surface area contributed by atoms with Crippen LogP contribution in [0.15, 0.2) is 51.8 Å². The van der Waals surface area contributed by atoms with Gasteiger partial charge >= 0.3 is 0 Å². The van der Waals surface area contributed by atoms with E-state index in [9.17, 15) is 13.2 Å². The number of aryl methyl sites for hydroxylation is 1. The summed E-state index contributed by atoms with van der Waals surface area (Å²) in [6, 6.07) is 12.3. The minimum absolute atomic E-state index is 0.0310. The molecule has 0 saturated carbocycles. The van der Waals surface area contributed by atoms with Crippen molar-refractivity contribution in [3.05, 3.63) is 59.5 Å². The lowest BCUT2D eigenvalue weighted by Gasteiger charge is -2.31. The number of sulfone groups is 1. The number of fused-ring (bicyclic) bond motifs is 1. The molecule has 1 amide bonds. The van der Waals surface area contributed by atoms with Gasteiger partial charge in [0, 0.05) is 24.9 Å². The van der Waals surface area contributed by atoms with Gasteiger partial charge in [-0.15, -0.1) is 0 Å². The maximum Gasteiger partial charge on any atom is 0.254 e. The molecule has 1 unspecified atom stereocenters. The number of rotatable bonds is 3. The van der Waals surface area contributed by atoms with E-state index in [4.69, 9.17) is 4.42 Å². The Morgan fingerprint density at radius 3 is 2.75 bits per heavy atom. The van der Waals surface area contributed by atoms with Gasteiger partial charge in [-0.1, -0.05) is 18.2 Å². The molecule has 4 rings (SSSR count). The average molecular weight is 398 g/mol. The van der Waals surface area contributed by atoms with Gasteiger partial charge in [0.25, 0.3) is 5.91 Å². The van der Waals surface area contributed by atoms with Crippen LogP contribution in [0.2, 0.25) is 0 Å². The number of piperidine rings is 1. The van der Waals surface area contributed by atoms with Gasteiger partial charge in [-0.05, 0) is 49.6 Å². The van der Waals surface area contributed by atoms with Gasteiger partial charge in [-0.3, -0.25) is 4.79 Å². The Morgan fingerprint density at radius 1 is 1.21 bits per heavy atom. The zero-order valence-electron chi connectivity index (χ0n) is 15.9. The molecule has 1 fully saturated rings. The molecule has 1 saturated heterocycles. The number of hydrogen-bond acceptors (Lipinski definition) is 5. The Balaban J connectivity index is 1.60. The summed E-state index contributed by atoms with van der Waals surface area (Å²) in [6.45, 7) is 2.97. The molecule has 0 spiro atoms. The van der Waals surface area contributed by atoms with Crippen LogP contribution >= 0.6 is 0 Å². The van der Waals surface area contributed by atoms with Gasteiger partial charge in [0.05, 0.1) is 10.8 Å². The average Bonchev–Trinajstić information content (AvgIpc) is 3.11. The van der Waals surface area contributed by atoms with Crippen LogP contribution in [0.4, 0.5) is 0 Å². The lowest BCUT2D eigenvalue weighted by Crippen LogP contribution is -2.39. The third-order valence-corrected chi connectivity index (χ3v) is 6.35. The number of carbonyl (C=O) groups excluding carboxylic acids is 1. The number of oxazole rings is 1. The van der Waals surface area contributed by atoms with Crippen LogP contribution < -0.4 is 0 Å². The quantitative estimate of drug-likeness (QED) is 0.674. The van der Waals surface area contributed by atoms with Crippen molar-refractivity contribution in [2.75, 3.05) is 19.3 Å². The smallest absolute Gasteiger partial charge is 0.254 e. The number of hydrogen-bond donors (Lipinski definition) is 0. The molecule has 0 aliphatic carbocycles. The third-order valence-electron chi connectivity index (χ3n) is 5.24. The molecule has 2 heterocycles. The molecule has 146 valence electrons. The number of amides is 1. The van der Waals surface area contributed by atoms with Crippen molar-refractivity contribution in [2.45, 2.75) is 30.6 Å². The van der Waals surface area contributed by atoms with Crippen LogP contribution in [0, 0.1) is 6.92 Å². The summed E-state index contributed by atoms with van der Waals surface area (Å²) >= 11 is 0. The van der Waals surface area contributed by atoms with Crippen LogP contribution in [0.3, 0.4) is 0 Å². The predicted octanol–water partition coefficient (Wildman–Crippen LogP) is 3.56. The largest absolute Gasteiger partial charge is 0.440 e. The third kappa shape index (κ3) is 3.54. The van der Waals surface area contributed by atoms with Crippen molar-refractivity contribution in [3.8, 4) is 0 Å². The Bertz CT molecular complexity index is 1120. The van der Waals surface area contributed by atoms with Gasteiger partial charge in [0.2, 0.25) is 0 Å². The highest BCUT2D eigenvalue weighted by atomic mass is 32.2. The van der Waals surface area contributed by atoms with Crippen molar-refractivity contribution in [2.24, 2.45) is 0 Å². The van der Waals surface area contributed by atoms with E-state index in [-0.39, 0.29) is 16.7 Å². The standard InChI is InChI=1S/C21H22N2O4S/c1-14-9-10-16(28(2,25)26)12-17(14)21(24)23-11-5-6-15(13-23)20-22-18-7-3-4-8-19(18)27-20/h3-4,7-10,12,15H,5-6,11,13H2,1-2H3. The van der Waals surface area contributed by atoms with E-state index in [1.165, 1.54) is 6.07 Å². The van der Waals surface area contributed by atoms with Crippen LogP contribution in [0.5, 0.6) is 0 Å². The maximum absolute atomic E-state index is 13.1. The number of para-hydroxylation sites is 2. The van der Waals surface area contributed by atoms with E-state index >= 15 is 0 Å². The number of carbonyl (C=O) groups is 1. The first-order valence-corrected chi connectivity index (χ1v) is 11.2. The normalized spacial score (nSPS) is 17.8. The lowest BCUT2D eigenvalue weighted by atomic mass is 9.96. The summed E-state index contributed by atoms with van der Waals surface area (Å²) in [5.41, 5.74) is 2.76. The number of nitrogens with zero attached hydrogens (tertiary/aromatic N) is 2. The van der Waals surface area contributed by atoms with Crippen LogP contribution in [0.25, 0.3) is 11.1 Å². The molecule has 3 aromatic rings. The molecule has 0 bridgehead atoms. The molecule has 0 N–H and O–H groups in total. The summed E-state index contributed by atoms with van der Waals surface area (Å²) in [4.78, 5) is 19.6. The van der Waals surface area contributed by atoms with Crippen molar-refractivity contribution >= 4 is 26.8 Å². The topological polar surface area (TPSA) is 80.5 Å². The first-order chi connectivity index (χ1) is 13.3. The molecular formula is C21H22N2O4S. The van der Waals surface area contributed by atoms with Crippen molar-refractivity contribution in [1.29, 1.82) is 0 Å². The van der Waals surface area contributed by atoms with E-state index in [1.54, 1.807) is 17.0 Å². The number of aromatic nitrogens is 1. The van der Waals surface area contributed by atoms with Gasteiger partial charge in [-0.2, -0.15) is 0 Å². The van der Waals surface area contributed by atoms with Crippen LogP contribution in [-0.2, 0) is 9.84 Å². The molecule has 28 heavy (non-hydrogen) atoms. The molecule has 1 aliphatic heterocycles. The van der Waals surface area contributed by atoms with E-state index < -0.39 is 9.84 Å². The van der Waals surface area contributed by atoms with E-state index in [0.717, 1.165) is 35.8 Å². The minimum Gasteiger partial charge on any atom is -0.440 e. The summed E-state index contributed by atoms with van der Waals surface area (Å²) in [5, 5.41) is 0. The molecule has 1 aromatic heterocycles. The Hall–Kier alpha value is -2.67. The lowest BCUT2D eigenvalue weighted by molar-refractivity contribution is 0.0698. The van der Waals surface area contributed by atoms with E-state index in [2.05, 4.69) is 4.98 Å². The fourth-order valence-electron chi connectivity index (χ4n) is 3.66. The first kappa shape index (κ1) is 18.7. The summed E-state index contributed by atoms with van der Waals surface area (Å²) < 4.78 is 29.6. The van der Waals surface area contributed by atoms with Gasteiger partial charge in [0.1, 0.15) is 5.52 Å². The Morgan fingerprint density at radius 2 is 2.00 bits per heavy atom. The zero-order chi connectivity index (χ0) is 19.9. The molecule has 6 nitrogen and oxygen atoms in total. The van der Waals surface area contributed by atoms with E-state index in [1.807, 2.05) is 31.2 Å². The Kier molecular flexibility index (Phi) is 4.71. The zero-order valence-corrected chi connectivity index (χ0v) is 16.7. The fraction of sp³-hybridized carbons (Fsp3) is 0.333. The Labute approximate surface area is 164 Å². The van der Waals surface area contributed by atoms with Crippen molar-refractivity contribution in [3.63, 3.8) is 0 Å². The highest BCUT2D eigenvalue weighted by Crippen LogP contribution is 2.30. The van der Waals surface area contributed by atoms with E-state index in [0.29, 0.717) is 24.5 Å². The first-order valence-electron chi connectivity index (χ1n) is 9.28. The molecule has 0 radical (unpaired) electrons. The van der Waals surface area contributed by atoms with Gasteiger partial charge in [-0.25, -0.2) is 13.4 Å². The fourth-order valence-corrected chi connectivity index (χ4v) is 4.31. The molecular weight excluding hydrogens is 376 g/mol. The predicted molar refractivity (Wildman–Crippen MR) is 106 cm³/mol. The molecule has 1 aliphatic rings. The van der Waals surface area contributed by atoms with Gasteiger partial charge < -0.3 is 9.32 Å².